The number of rotatable bonds is 16. The van der Waals surface area contributed by atoms with E-state index in [-0.39, 0.29) is 38.6 Å². The number of ether oxygens (including phenoxy) is 2. The van der Waals surface area contributed by atoms with Gasteiger partial charge in [0.25, 0.3) is 5.91 Å². The van der Waals surface area contributed by atoms with Crippen LogP contribution in [0, 0.1) is 11.8 Å². The van der Waals surface area contributed by atoms with Crippen molar-refractivity contribution in [1.82, 2.24) is 31.1 Å². The molecule has 0 saturated carbocycles. The zero-order chi connectivity index (χ0) is 37.6. The SMILES string of the molecule is C=CCOC(=O)CNC(=O)C(=O)C(CCC)NC(=O)C1CN(C(=O)OC(C)(C)C)CCN1C(=O)[C@@H](NC(=O)[C@@H](NC(C)=O)C(C)C)C(C)C. The second-order valence-electron chi connectivity index (χ2n) is 13.5. The van der Waals surface area contributed by atoms with Crippen LogP contribution in [0.4, 0.5) is 4.79 Å². The molecule has 1 heterocycles. The number of nitrogens with zero attached hydrogens (tertiary/aromatic N) is 2. The van der Waals surface area contributed by atoms with E-state index in [1.807, 2.05) is 0 Å². The number of ketones is 1. The highest BCUT2D eigenvalue weighted by Gasteiger charge is 2.43. The number of carbonyl (C=O) groups excluding carboxylic acids is 8. The number of carbonyl (C=O) groups is 8. The van der Waals surface area contributed by atoms with Crippen LogP contribution in [-0.2, 0) is 43.0 Å². The molecule has 1 fully saturated rings. The van der Waals surface area contributed by atoms with Crippen molar-refractivity contribution in [2.75, 3.05) is 32.8 Å². The maximum atomic E-state index is 14.1. The van der Waals surface area contributed by atoms with Gasteiger partial charge in [0.15, 0.2) is 0 Å². The summed E-state index contributed by atoms with van der Waals surface area (Å²) in [6.07, 6.45) is 1.06. The third-order valence-corrected chi connectivity index (χ3v) is 7.35. The van der Waals surface area contributed by atoms with Gasteiger partial charge in [-0.1, -0.05) is 53.7 Å². The minimum atomic E-state index is -1.34. The molecular weight excluding hydrogens is 640 g/mol. The molecular formula is C33H54N6O10. The second kappa shape index (κ2) is 19.5. The fourth-order valence-electron chi connectivity index (χ4n) is 4.88. The summed E-state index contributed by atoms with van der Waals surface area (Å²) in [5, 5.41) is 10.1. The number of esters is 1. The van der Waals surface area contributed by atoms with Gasteiger partial charge in [-0.3, -0.25) is 33.6 Å². The maximum absolute atomic E-state index is 14.1. The van der Waals surface area contributed by atoms with E-state index >= 15 is 0 Å². The maximum Gasteiger partial charge on any atom is 0.410 e. The summed E-state index contributed by atoms with van der Waals surface area (Å²) in [6, 6.07) is -4.70. The number of nitrogens with one attached hydrogen (secondary N) is 4. The molecule has 0 aliphatic carbocycles. The van der Waals surface area contributed by atoms with Crippen molar-refractivity contribution in [3.05, 3.63) is 12.7 Å². The predicted octanol–water partition coefficient (Wildman–Crippen LogP) is 0.435. The molecule has 4 N–H and O–H groups in total. The molecule has 1 aliphatic heterocycles. The third kappa shape index (κ3) is 13.9. The summed E-state index contributed by atoms with van der Waals surface area (Å²) in [7, 11) is 0. The van der Waals surface area contributed by atoms with Crippen LogP contribution in [-0.4, -0.2) is 120 Å². The first kappa shape index (κ1) is 42.5. The Morgan fingerprint density at radius 2 is 1.53 bits per heavy atom. The summed E-state index contributed by atoms with van der Waals surface area (Å²) in [5.74, 6) is -6.13. The van der Waals surface area contributed by atoms with Gasteiger partial charge in [0.2, 0.25) is 29.4 Å². The lowest BCUT2D eigenvalue weighted by atomic mass is 9.98. The van der Waals surface area contributed by atoms with Crippen LogP contribution in [0.1, 0.15) is 75.2 Å². The molecule has 49 heavy (non-hydrogen) atoms. The van der Waals surface area contributed by atoms with Crippen molar-refractivity contribution in [2.45, 2.75) is 105 Å². The summed E-state index contributed by atoms with van der Waals surface area (Å²) < 4.78 is 10.3. The van der Waals surface area contributed by atoms with Crippen LogP contribution in [0.25, 0.3) is 0 Å². The minimum absolute atomic E-state index is 0.00534. The highest BCUT2D eigenvalue weighted by atomic mass is 16.6. The van der Waals surface area contributed by atoms with Crippen molar-refractivity contribution in [3.8, 4) is 0 Å². The van der Waals surface area contributed by atoms with Crippen molar-refractivity contribution in [3.63, 3.8) is 0 Å². The minimum Gasteiger partial charge on any atom is -0.460 e. The lowest BCUT2D eigenvalue weighted by Crippen LogP contribution is -2.66. The first-order chi connectivity index (χ1) is 22.7. The molecule has 1 saturated heterocycles. The van der Waals surface area contributed by atoms with E-state index in [2.05, 4.69) is 27.8 Å². The summed E-state index contributed by atoms with van der Waals surface area (Å²) in [6.45, 7) is 17.3. The van der Waals surface area contributed by atoms with Crippen LogP contribution < -0.4 is 21.3 Å². The summed E-state index contributed by atoms with van der Waals surface area (Å²) in [4.78, 5) is 106. The van der Waals surface area contributed by atoms with Gasteiger partial charge < -0.3 is 40.5 Å². The molecule has 16 nitrogen and oxygen atoms in total. The molecule has 1 aliphatic rings. The lowest BCUT2D eigenvalue weighted by molar-refractivity contribution is -0.149. The van der Waals surface area contributed by atoms with Gasteiger partial charge in [-0.05, 0) is 39.0 Å². The molecule has 4 atom stereocenters. The van der Waals surface area contributed by atoms with Gasteiger partial charge in [0.05, 0.1) is 12.6 Å². The predicted molar refractivity (Wildman–Crippen MR) is 179 cm³/mol. The standard InChI is InChI=1S/C33H54N6O10/c1-11-13-22(27(42)30(45)34-17-24(41)48-16-12-2)36-28(43)23-18-38(32(47)49-33(8,9)10)14-15-39(23)31(46)26(20(5)6)37-29(44)25(19(3)4)35-21(7)40/h12,19-20,22-23,25-26H,2,11,13-18H2,1,3-10H3,(H,34,45)(H,35,40)(H,36,43)(H,37,44)/t22?,23?,25-,26-/m0/s1. The number of hydrogen-bond acceptors (Lipinski definition) is 10. The molecule has 0 aromatic carbocycles. The first-order valence-electron chi connectivity index (χ1n) is 16.5. The Morgan fingerprint density at radius 1 is 0.918 bits per heavy atom. The highest BCUT2D eigenvalue weighted by molar-refractivity contribution is 6.38. The van der Waals surface area contributed by atoms with E-state index in [9.17, 15) is 38.4 Å². The Morgan fingerprint density at radius 3 is 2.04 bits per heavy atom. The van der Waals surface area contributed by atoms with Gasteiger partial charge in [-0.25, -0.2) is 4.79 Å². The van der Waals surface area contributed by atoms with E-state index in [1.54, 1.807) is 55.4 Å². The van der Waals surface area contributed by atoms with Crippen molar-refractivity contribution < 1.29 is 47.8 Å². The number of hydrogen-bond donors (Lipinski definition) is 4. The number of amides is 6. The molecule has 0 bridgehead atoms. The van der Waals surface area contributed by atoms with Gasteiger partial charge in [-0.15, -0.1) is 0 Å². The first-order valence-corrected chi connectivity index (χ1v) is 16.5. The van der Waals surface area contributed by atoms with Gasteiger partial charge in [0, 0.05) is 20.0 Å². The molecule has 276 valence electrons. The van der Waals surface area contributed by atoms with Crippen LogP contribution in [0.2, 0.25) is 0 Å². The van der Waals surface area contributed by atoms with Crippen LogP contribution >= 0.6 is 0 Å². The molecule has 0 aromatic rings. The Hall–Kier alpha value is -4.50. The monoisotopic (exact) mass is 694 g/mol. The van der Waals surface area contributed by atoms with Crippen molar-refractivity contribution in [2.24, 2.45) is 11.8 Å². The summed E-state index contributed by atoms with van der Waals surface area (Å²) in [5.41, 5.74) is -0.847. The highest BCUT2D eigenvalue weighted by Crippen LogP contribution is 2.19. The van der Waals surface area contributed by atoms with Crippen LogP contribution in [0.5, 0.6) is 0 Å². The third-order valence-electron chi connectivity index (χ3n) is 7.35. The van der Waals surface area contributed by atoms with Gasteiger partial charge in [0.1, 0.15) is 36.9 Å². The molecule has 6 amide bonds. The van der Waals surface area contributed by atoms with E-state index < -0.39 is 89.6 Å². The Balaban J connectivity index is 3.38. The normalized spacial score (nSPS) is 16.5. The van der Waals surface area contributed by atoms with Crippen molar-refractivity contribution >= 4 is 47.4 Å². The smallest absolute Gasteiger partial charge is 0.410 e. The topological polar surface area (TPSA) is 210 Å². The zero-order valence-electron chi connectivity index (χ0n) is 30.2. The zero-order valence-corrected chi connectivity index (χ0v) is 30.2. The fraction of sp³-hybridized carbons (Fsp3) is 0.697. The molecule has 0 aromatic heterocycles. The van der Waals surface area contributed by atoms with Gasteiger partial charge in [-0.2, -0.15) is 0 Å². The summed E-state index contributed by atoms with van der Waals surface area (Å²) >= 11 is 0. The van der Waals surface area contributed by atoms with Crippen LogP contribution in [0.3, 0.4) is 0 Å². The average molecular weight is 695 g/mol. The quantitative estimate of drug-likeness (QED) is 0.0995. The molecule has 2 unspecified atom stereocenters. The molecule has 1 rings (SSSR count). The van der Waals surface area contributed by atoms with Gasteiger partial charge >= 0.3 is 12.1 Å². The molecule has 0 radical (unpaired) electrons. The van der Waals surface area contributed by atoms with Crippen LogP contribution in [0.15, 0.2) is 12.7 Å². The lowest BCUT2D eigenvalue weighted by Gasteiger charge is -2.42. The Labute approximate surface area is 288 Å². The Kier molecular flexibility index (Phi) is 16.9. The Bertz CT molecular complexity index is 1240. The van der Waals surface area contributed by atoms with E-state index in [1.165, 1.54) is 22.8 Å². The number of Topliss-reactive ketones (excluding diaryl/α,β-unsaturated/α-hetero) is 1. The second-order valence-corrected chi connectivity index (χ2v) is 13.5. The molecule has 16 heteroatoms. The van der Waals surface area contributed by atoms with E-state index in [0.29, 0.717) is 6.42 Å². The largest absolute Gasteiger partial charge is 0.460 e. The average Bonchev–Trinajstić information content (AvgIpc) is 3.01. The van der Waals surface area contributed by atoms with E-state index in [0.717, 1.165) is 0 Å². The number of piperazine rings is 1. The van der Waals surface area contributed by atoms with E-state index in [4.69, 9.17) is 9.47 Å². The fourth-order valence-corrected chi connectivity index (χ4v) is 4.88. The van der Waals surface area contributed by atoms with Crippen molar-refractivity contribution in [1.29, 1.82) is 0 Å². The molecule has 0 spiro atoms.